The van der Waals surface area contributed by atoms with E-state index in [1.807, 2.05) is 32.9 Å². The van der Waals surface area contributed by atoms with Crippen molar-refractivity contribution in [1.82, 2.24) is 5.43 Å². The highest BCUT2D eigenvalue weighted by atomic mass is 16.5. The molecule has 108 valence electrons. The summed E-state index contributed by atoms with van der Waals surface area (Å²) in [6.45, 7) is 5.86. The fourth-order valence-electron chi connectivity index (χ4n) is 2.29. The third-order valence-corrected chi connectivity index (χ3v) is 3.16. The van der Waals surface area contributed by atoms with Gasteiger partial charge in [0.05, 0.1) is 12.8 Å². The van der Waals surface area contributed by atoms with Gasteiger partial charge in [-0.3, -0.25) is 0 Å². The fourth-order valence-corrected chi connectivity index (χ4v) is 2.29. The van der Waals surface area contributed by atoms with E-state index in [2.05, 4.69) is 10.5 Å². The monoisotopic (exact) mass is 277 g/mol. The highest BCUT2D eigenvalue weighted by Crippen LogP contribution is 2.39. The molecule has 1 aliphatic heterocycles. The summed E-state index contributed by atoms with van der Waals surface area (Å²) >= 11 is 0. The zero-order valence-electron chi connectivity index (χ0n) is 12.1. The molecule has 0 saturated heterocycles. The normalized spacial score (nSPS) is 18.1. The van der Waals surface area contributed by atoms with Crippen molar-refractivity contribution in [2.45, 2.75) is 32.8 Å². The maximum Gasteiger partial charge on any atom is 0.332 e. The molecule has 0 bridgehead atoms. The third-order valence-electron chi connectivity index (χ3n) is 3.16. The van der Waals surface area contributed by atoms with Gasteiger partial charge in [0, 0.05) is 17.5 Å². The Morgan fingerprint density at radius 3 is 2.80 bits per heavy atom. The van der Waals surface area contributed by atoms with Gasteiger partial charge in [-0.2, -0.15) is 5.10 Å². The Labute approximate surface area is 117 Å². The number of carbonyl (C=O) groups excluding carboxylic acids is 1. The molecule has 6 heteroatoms. The number of carbonyl (C=O) groups is 1. The fraction of sp³-hybridized carbons (Fsp3) is 0.429. The Morgan fingerprint density at radius 2 is 2.20 bits per heavy atom. The summed E-state index contributed by atoms with van der Waals surface area (Å²) in [5.41, 5.74) is 9.42. The van der Waals surface area contributed by atoms with Gasteiger partial charge in [0.25, 0.3) is 0 Å². The van der Waals surface area contributed by atoms with Crippen LogP contribution >= 0.6 is 0 Å². The largest absolute Gasteiger partial charge is 0.496 e. The van der Waals surface area contributed by atoms with Crippen LogP contribution in [0, 0.1) is 6.92 Å². The Balaban J connectivity index is 2.53. The zero-order chi connectivity index (χ0) is 14.9. The van der Waals surface area contributed by atoms with Crippen LogP contribution in [0.4, 0.5) is 4.79 Å². The molecule has 2 rings (SSSR count). The van der Waals surface area contributed by atoms with E-state index >= 15 is 0 Å². The van der Waals surface area contributed by atoms with Crippen LogP contribution < -0.4 is 20.6 Å². The molecular weight excluding hydrogens is 258 g/mol. The first kappa shape index (κ1) is 14.2. The number of urea groups is 1. The molecule has 0 saturated carbocycles. The van der Waals surface area contributed by atoms with Crippen molar-refractivity contribution < 1.29 is 14.3 Å². The first-order valence-electron chi connectivity index (χ1n) is 6.33. The summed E-state index contributed by atoms with van der Waals surface area (Å²) in [5.74, 6) is 1.48. The van der Waals surface area contributed by atoms with Crippen LogP contribution in [-0.4, -0.2) is 24.5 Å². The smallest absolute Gasteiger partial charge is 0.332 e. The van der Waals surface area contributed by atoms with Crippen molar-refractivity contribution >= 4 is 11.7 Å². The number of methoxy groups -OCH3 is 1. The molecule has 0 aromatic heterocycles. The molecule has 6 nitrogen and oxygen atoms in total. The summed E-state index contributed by atoms with van der Waals surface area (Å²) in [5, 5.41) is 4.09. The standard InChI is InChI=1S/C14H19N3O3/c1-8-11(19-4)6-5-9-10(16-17-13(15)18)7-14(2,3)20-12(8)9/h5-6H,7H2,1-4H3,(H3,15,17,18)/b16-10-. The highest BCUT2D eigenvalue weighted by Gasteiger charge is 2.33. The number of hydrogen-bond acceptors (Lipinski definition) is 4. The summed E-state index contributed by atoms with van der Waals surface area (Å²) in [7, 11) is 1.62. The molecule has 1 aliphatic rings. The molecule has 1 aromatic rings. The molecule has 0 aliphatic carbocycles. The average molecular weight is 277 g/mol. The summed E-state index contributed by atoms with van der Waals surface area (Å²) < 4.78 is 11.3. The number of primary amides is 1. The lowest BCUT2D eigenvalue weighted by atomic mass is 9.91. The predicted molar refractivity (Wildman–Crippen MR) is 76.3 cm³/mol. The number of amides is 2. The highest BCUT2D eigenvalue weighted by molar-refractivity contribution is 6.05. The Kier molecular flexibility index (Phi) is 3.57. The van der Waals surface area contributed by atoms with E-state index in [0.717, 1.165) is 28.3 Å². The van der Waals surface area contributed by atoms with Crippen LogP contribution in [0.15, 0.2) is 17.2 Å². The molecule has 0 atom stereocenters. The minimum atomic E-state index is -0.686. The van der Waals surface area contributed by atoms with E-state index in [9.17, 15) is 4.79 Å². The van der Waals surface area contributed by atoms with Crippen molar-refractivity contribution in [2.24, 2.45) is 10.8 Å². The number of nitrogens with zero attached hydrogens (tertiary/aromatic N) is 1. The first-order chi connectivity index (χ1) is 9.34. The van der Waals surface area contributed by atoms with E-state index < -0.39 is 11.6 Å². The number of nitrogens with two attached hydrogens (primary N) is 1. The van der Waals surface area contributed by atoms with E-state index in [0.29, 0.717) is 6.42 Å². The lowest BCUT2D eigenvalue weighted by molar-refractivity contribution is 0.109. The minimum absolute atomic E-state index is 0.414. The topological polar surface area (TPSA) is 85.9 Å². The number of hydrazone groups is 1. The number of fused-ring (bicyclic) bond motifs is 1. The molecule has 1 heterocycles. The quantitative estimate of drug-likeness (QED) is 0.810. The van der Waals surface area contributed by atoms with Gasteiger partial charge in [0.2, 0.25) is 0 Å². The molecule has 0 spiro atoms. The van der Waals surface area contributed by atoms with E-state index in [4.69, 9.17) is 15.2 Å². The van der Waals surface area contributed by atoms with Crippen LogP contribution in [-0.2, 0) is 0 Å². The van der Waals surface area contributed by atoms with Gasteiger partial charge < -0.3 is 15.2 Å². The number of hydrogen-bond donors (Lipinski definition) is 2. The van der Waals surface area contributed by atoms with Crippen molar-refractivity contribution in [3.8, 4) is 11.5 Å². The molecule has 0 fully saturated rings. The zero-order valence-corrected chi connectivity index (χ0v) is 12.1. The van der Waals surface area contributed by atoms with Crippen LogP contribution in [0.2, 0.25) is 0 Å². The summed E-state index contributed by atoms with van der Waals surface area (Å²) in [6.07, 6.45) is 0.575. The van der Waals surface area contributed by atoms with Crippen molar-refractivity contribution in [2.75, 3.05) is 7.11 Å². The average Bonchev–Trinajstić information content (AvgIpc) is 2.36. The lowest BCUT2D eigenvalue weighted by Crippen LogP contribution is -2.38. The summed E-state index contributed by atoms with van der Waals surface area (Å²) in [4.78, 5) is 10.8. The number of nitrogens with one attached hydrogen (secondary N) is 1. The SMILES string of the molecule is COc1ccc2c(c1C)OC(C)(C)C/C2=N/NC(N)=O. The predicted octanol–water partition coefficient (Wildman–Crippen LogP) is 1.94. The van der Waals surface area contributed by atoms with Gasteiger partial charge in [-0.1, -0.05) is 0 Å². The van der Waals surface area contributed by atoms with Gasteiger partial charge in [-0.25, -0.2) is 10.2 Å². The van der Waals surface area contributed by atoms with E-state index in [1.54, 1.807) is 7.11 Å². The minimum Gasteiger partial charge on any atom is -0.496 e. The van der Waals surface area contributed by atoms with Crippen LogP contribution in [0.1, 0.15) is 31.4 Å². The maximum absolute atomic E-state index is 10.8. The molecule has 0 radical (unpaired) electrons. The molecule has 0 unspecified atom stereocenters. The van der Waals surface area contributed by atoms with Crippen molar-refractivity contribution in [1.29, 1.82) is 0 Å². The van der Waals surface area contributed by atoms with Gasteiger partial charge >= 0.3 is 6.03 Å². The Hall–Kier alpha value is -2.24. The van der Waals surface area contributed by atoms with Gasteiger partial charge in [0.15, 0.2) is 0 Å². The van der Waals surface area contributed by atoms with Gasteiger partial charge in [-0.15, -0.1) is 0 Å². The maximum atomic E-state index is 10.8. The Morgan fingerprint density at radius 1 is 1.50 bits per heavy atom. The molecular formula is C14H19N3O3. The first-order valence-corrected chi connectivity index (χ1v) is 6.33. The van der Waals surface area contributed by atoms with Gasteiger partial charge in [-0.05, 0) is 32.9 Å². The molecule has 2 amide bonds. The number of benzene rings is 1. The summed E-state index contributed by atoms with van der Waals surface area (Å²) in [6, 6.07) is 3.04. The van der Waals surface area contributed by atoms with Crippen LogP contribution in [0.5, 0.6) is 11.5 Å². The van der Waals surface area contributed by atoms with Crippen molar-refractivity contribution in [3.05, 3.63) is 23.3 Å². The molecule has 20 heavy (non-hydrogen) atoms. The molecule has 3 N–H and O–H groups in total. The second-order valence-electron chi connectivity index (χ2n) is 5.34. The lowest BCUT2D eigenvalue weighted by Gasteiger charge is -2.34. The Bertz CT molecular complexity index is 579. The second kappa shape index (κ2) is 5.03. The second-order valence-corrected chi connectivity index (χ2v) is 5.34. The third kappa shape index (κ3) is 2.68. The van der Waals surface area contributed by atoms with E-state index in [1.165, 1.54) is 0 Å². The van der Waals surface area contributed by atoms with Crippen molar-refractivity contribution in [3.63, 3.8) is 0 Å². The van der Waals surface area contributed by atoms with Gasteiger partial charge in [0.1, 0.15) is 17.1 Å². The number of rotatable bonds is 2. The van der Waals surface area contributed by atoms with Crippen LogP contribution in [0.25, 0.3) is 0 Å². The van der Waals surface area contributed by atoms with E-state index in [-0.39, 0.29) is 0 Å². The molecule has 1 aromatic carbocycles. The van der Waals surface area contributed by atoms with Crippen LogP contribution in [0.3, 0.4) is 0 Å². The number of ether oxygens (including phenoxy) is 2.